The number of Topliss-reactive ketones (excluding diaryl/α,β-unsaturated/α-hetero) is 1. The molecule has 0 bridgehead atoms. The number of ether oxygens (including phenoxy) is 2. The van der Waals surface area contributed by atoms with Gasteiger partial charge >= 0.3 is 5.97 Å². The van der Waals surface area contributed by atoms with Crippen LogP contribution < -0.4 is 4.74 Å². The fourth-order valence-electron chi connectivity index (χ4n) is 4.76. The Morgan fingerprint density at radius 2 is 1.86 bits per heavy atom. The third kappa shape index (κ3) is 4.40. The third-order valence-corrected chi connectivity index (χ3v) is 6.53. The van der Waals surface area contributed by atoms with Gasteiger partial charge in [0.2, 0.25) is 5.78 Å². The molecule has 37 heavy (non-hydrogen) atoms. The summed E-state index contributed by atoms with van der Waals surface area (Å²) < 4.78 is 13.6. The summed E-state index contributed by atoms with van der Waals surface area (Å²) in [6, 6.07) is 16.7. The van der Waals surface area contributed by atoms with Crippen molar-refractivity contribution in [3.63, 3.8) is 0 Å². The van der Waals surface area contributed by atoms with Gasteiger partial charge in [0.25, 0.3) is 0 Å². The van der Waals surface area contributed by atoms with Crippen LogP contribution in [0.3, 0.4) is 0 Å². The maximum absolute atomic E-state index is 13.4. The van der Waals surface area contributed by atoms with E-state index in [1.807, 2.05) is 55.5 Å². The second-order valence-electron chi connectivity index (χ2n) is 8.91. The van der Waals surface area contributed by atoms with E-state index >= 15 is 0 Å². The summed E-state index contributed by atoms with van der Waals surface area (Å²) in [7, 11) is 1.64. The molecule has 0 aliphatic carbocycles. The maximum atomic E-state index is 13.4. The summed E-state index contributed by atoms with van der Waals surface area (Å²) in [6.45, 7) is 4.39. The molecule has 0 N–H and O–H groups in total. The molecule has 0 saturated heterocycles. The first-order chi connectivity index (χ1) is 17.9. The first-order valence-corrected chi connectivity index (χ1v) is 12.0. The van der Waals surface area contributed by atoms with Gasteiger partial charge in [0.15, 0.2) is 5.78 Å². The number of aryl methyl sites for hydroxylation is 1. The van der Waals surface area contributed by atoms with E-state index in [-0.39, 0.29) is 30.3 Å². The van der Waals surface area contributed by atoms with Gasteiger partial charge in [-0.1, -0.05) is 29.4 Å². The molecule has 188 valence electrons. The molecular formula is C29H26N2O6. The number of carbonyl (C=O) groups is 3. The Morgan fingerprint density at radius 3 is 2.62 bits per heavy atom. The van der Waals surface area contributed by atoms with Gasteiger partial charge in [-0.2, -0.15) is 0 Å². The molecule has 1 aliphatic rings. The van der Waals surface area contributed by atoms with Crippen LogP contribution in [0.15, 0.2) is 59.8 Å². The lowest BCUT2D eigenvalue weighted by molar-refractivity contribution is -0.140. The highest BCUT2D eigenvalue weighted by Gasteiger charge is 2.28. The number of benzene rings is 3. The molecule has 2 heterocycles. The Balaban J connectivity index is 1.73. The number of fused-ring (bicyclic) bond motifs is 5. The van der Waals surface area contributed by atoms with Crippen LogP contribution in [0.1, 0.15) is 45.2 Å². The molecule has 1 aromatic heterocycles. The minimum atomic E-state index is -0.604. The second-order valence-corrected chi connectivity index (χ2v) is 8.91. The highest BCUT2D eigenvalue weighted by Crippen LogP contribution is 2.40. The van der Waals surface area contributed by atoms with Crippen molar-refractivity contribution in [2.75, 3.05) is 20.3 Å². The van der Waals surface area contributed by atoms with Crippen LogP contribution in [-0.2, 0) is 20.9 Å². The lowest BCUT2D eigenvalue weighted by Crippen LogP contribution is -2.15. The first kappa shape index (κ1) is 24.4. The van der Waals surface area contributed by atoms with E-state index < -0.39 is 5.97 Å². The summed E-state index contributed by atoms with van der Waals surface area (Å²) >= 11 is 0. The summed E-state index contributed by atoms with van der Waals surface area (Å²) in [4.78, 5) is 42.7. The van der Waals surface area contributed by atoms with Gasteiger partial charge in [-0.25, -0.2) is 4.79 Å². The lowest BCUT2D eigenvalue weighted by atomic mass is 9.97. The number of rotatable bonds is 6. The number of oxime groups is 1. The quantitative estimate of drug-likeness (QED) is 0.214. The van der Waals surface area contributed by atoms with Gasteiger partial charge in [-0.3, -0.25) is 9.59 Å². The van der Waals surface area contributed by atoms with Gasteiger partial charge in [0, 0.05) is 49.0 Å². The van der Waals surface area contributed by atoms with Crippen molar-refractivity contribution >= 4 is 45.1 Å². The van der Waals surface area contributed by atoms with Crippen LogP contribution in [0.2, 0.25) is 0 Å². The van der Waals surface area contributed by atoms with Crippen LogP contribution in [-0.4, -0.2) is 48.1 Å². The second kappa shape index (κ2) is 9.99. The Kier molecular flexibility index (Phi) is 6.58. The monoisotopic (exact) mass is 498 g/mol. The highest BCUT2D eigenvalue weighted by atomic mass is 16.7. The van der Waals surface area contributed by atoms with E-state index in [9.17, 15) is 14.4 Å². The summed E-state index contributed by atoms with van der Waals surface area (Å²) in [5.74, 6) is -0.612. The molecule has 0 amide bonds. The normalized spacial score (nSPS) is 14.5. The average molecular weight is 499 g/mol. The number of nitrogens with zero attached hydrogens (tertiary/aromatic N) is 2. The van der Waals surface area contributed by atoms with Crippen molar-refractivity contribution < 1.29 is 28.7 Å². The molecule has 1 aliphatic heterocycles. The zero-order chi connectivity index (χ0) is 26.1. The van der Waals surface area contributed by atoms with Crippen molar-refractivity contribution in [1.82, 2.24) is 4.57 Å². The van der Waals surface area contributed by atoms with Crippen LogP contribution >= 0.6 is 0 Å². The summed E-state index contributed by atoms with van der Waals surface area (Å²) in [5.41, 5.74) is 4.29. The molecule has 5 rings (SSSR count). The molecule has 0 saturated carbocycles. The molecule has 0 fully saturated rings. The third-order valence-electron chi connectivity index (χ3n) is 6.53. The summed E-state index contributed by atoms with van der Waals surface area (Å²) in [5, 5.41) is 5.30. The predicted molar refractivity (Wildman–Crippen MR) is 140 cm³/mol. The zero-order valence-electron chi connectivity index (χ0n) is 20.9. The molecule has 0 unspecified atom stereocenters. The standard InChI is InChI=1S/C29H26N2O6/c1-17-6-4-5-7-20(17)27(33)19-8-10-24-22(16-19)26-25(31(24)13-15-35-3)11-9-21-28(34)23(30-37-18(2)32)12-14-36-29(21)26/h4-11,16H,12-15H2,1-3H3/b30-23+. The number of methoxy groups -OCH3 is 1. The predicted octanol–water partition coefficient (Wildman–Crippen LogP) is 4.86. The molecule has 0 spiro atoms. The van der Waals surface area contributed by atoms with Gasteiger partial charge in [0.1, 0.15) is 11.5 Å². The number of carbonyl (C=O) groups excluding carboxylic acids is 3. The topological polar surface area (TPSA) is 96.2 Å². The van der Waals surface area contributed by atoms with Crippen molar-refractivity contribution in [3.05, 3.63) is 76.9 Å². The van der Waals surface area contributed by atoms with Crippen molar-refractivity contribution in [2.45, 2.75) is 26.8 Å². The van der Waals surface area contributed by atoms with E-state index in [4.69, 9.17) is 14.3 Å². The van der Waals surface area contributed by atoms with E-state index in [1.165, 1.54) is 6.92 Å². The number of aromatic nitrogens is 1. The van der Waals surface area contributed by atoms with Crippen molar-refractivity contribution in [2.24, 2.45) is 5.16 Å². The zero-order valence-corrected chi connectivity index (χ0v) is 20.9. The number of ketones is 2. The molecule has 8 heteroatoms. The Labute approximate surface area is 213 Å². The van der Waals surface area contributed by atoms with E-state index in [0.29, 0.717) is 35.6 Å². The molecule has 3 aromatic carbocycles. The molecule has 4 aromatic rings. The Bertz CT molecular complexity index is 1600. The molecule has 8 nitrogen and oxygen atoms in total. The van der Waals surface area contributed by atoms with Crippen LogP contribution in [0.25, 0.3) is 21.8 Å². The minimum Gasteiger partial charge on any atom is -0.492 e. The largest absolute Gasteiger partial charge is 0.492 e. The highest BCUT2D eigenvalue weighted by molar-refractivity contribution is 6.47. The Hall–Kier alpha value is -4.30. The fourth-order valence-corrected chi connectivity index (χ4v) is 4.76. The van der Waals surface area contributed by atoms with Crippen LogP contribution in [0, 0.1) is 6.92 Å². The van der Waals surface area contributed by atoms with Crippen LogP contribution in [0.5, 0.6) is 5.75 Å². The van der Waals surface area contributed by atoms with Crippen LogP contribution in [0.4, 0.5) is 0 Å². The van der Waals surface area contributed by atoms with Gasteiger partial charge in [-0.05, 0) is 42.8 Å². The van der Waals surface area contributed by atoms with Crippen molar-refractivity contribution in [1.29, 1.82) is 0 Å². The maximum Gasteiger partial charge on any atom is 0.331 e. The summed E-state index contributed by atoms with van der Waals surface area (Å²) in [6.07, 6.45) is 0.196. The number of hydrogen-bond donors (Lipinski definition) is 0. The minimum absolute atomic E-state index is 0.0763. The fraction of sp³-hybridized carbons (Fsp3) is 0.241. The Morgan fingerprint density at radius 1 is 1.08 bits per heavy atom. The van der Waals surface area contributed by atoms with Gasteiger partial charge in [-0.15, -0.1) is 0 Å². The van der Waals surface area contributed by atoms with E-state index in [0.717, 1.165) is 27.4 Å². The number of hydrogen-bond acceptors (Lipinski definition) is 7. The average Bonchev–Trinajstić information content (AvgIpc) is 3.11. The van der Waals surface area contributed by atoms with E-state index in [2.05, 4.69) is 9.72 Å². The van der Waals surface area contributed by atoms with Crippen molar-refractivity contribution in [3.8, 4) is 5.75 Å². The molecule has 0 atom stereocenters. The molecular weight excluding hydrogens is 472 g/mol. The smallest absolute Gasteiger partial charge is 0.331 e. The van der Waals surface area contributed by atoms with Gasteiger partial charge < -0.3 is 18.9 Å². The first-order valence-electron chi connectivity index (χ1n) is 12.0. The SMILES string of the molecule is COCCn1c2ccc(C(=O)c3ccccc3C)cc2c2c3c(ccc21)C(=O)/C(=N/OC(C)=O)CCO3. The van der Waals surface area contributed by atoms with Gasteiger partial charge in [0.05, 0.1) is 29.7 Å². The lowest BCUT2D eigenvalue weighted by Gasteiger charge is -2.10. The van der Waals surface area contributed by atoms with E-state index in [1.54, 1.807) is 13.2 Å². The molecule has 0 radical (unpaired) electrons.